The van der Waals surface area contributed by atoms with Crippen LogP contribution in [0.4, 0.5) is 5.82 Å². The molecule has 2 aliphatic rings. The molecular formula is C23H25N5O2. The number of carbonyl (C=O) groups is 1. The number of rotatable bonds is 3. The fourth-order valence-electron chi connectivity index (χ4n) is 4.63. The van der Waals surface area contributed by atoms with Gasteiger partial charge >= 0.3 is 0 Å². The smallest absolute Gasteiger partial charge is 0.225 e. The van der Waals surface area contributed by atoms with Crippen molar-refractivity contribution in [2.45, 2.75) is 39.0 Å². The Hall–Kier alpha value is -3.06. The van der Waals surface area contributed by atoms with Gasteiger partial charge < -0.3 is 14.5 Å². The molecule has 0 aliphatic carbocycles. The van der Waals surface area contributed by atoms with Crippen LogP contribution in [0.1, 0.15) is 23.2 Å². The minimum Gasteiger partial charge on any atom is -0.374 e. The number of carbonyl (C=O) groups excluding carboxylic acids is 1. The number of benzene rings is 1. The second kappa shape index (κ2) is 7.65. The Morgan fingerprint density at radius 3 is 2.80 bits per heavy atom. The third-order valence-electron chi connectivity index (χ3n) is 6.01. The van der Waals surface area contributed by atoms with Gasteiger partial charge in [-0.25, -0.2) is 15.0 Å². The SMILES string of the molecule is Cc1cc(C)c2c(N3C[C@@H]4OCCC(=O)N(Cc5ccccc5)[C@H]4C3)ncnc2n1. The Balaban J connectivity index is 1.48. The van der Waals surface area contributed by atoms with Crippen LogP contribution in [0, 0.1) is 13.8 Å². The highest BCUT2D eigenvalue weighted by atomic mass is 16.5. The van der Waals surface area contributed by atoms with Gasteiger partial charge in [-0.15, -0.1) is 0 Å². The van der Waals surface area contributed by atoms with E-state index in [-0.39, 0.29) is 18.1 Å². The van der Waals surface area contributed by atoms with Crippen molar-refractivity contribution in [3.05, 3.63) is 59.5 Å². The van der Waals surface area contributed by atoms with Crippen LogP contribution in [0.25, 0.3) is 11.0 Å². The lowest BCUT2D eigenvalue weighted by Crippen LogP contribution is -2.45. The maximum atomic E-state index is 12.9. The number of ether oxygens (including phenoxy) is 1. The first-order chi connectivity index (χ1) is 14.6. The summed E-state index contributed by atoms with van der Waals surface area (Å²) in [5.74, 6) is 1.02. The summed E-state index contributed by atoms with van der Waals surface area (Å²) in [5, 5.41) is 0.973. The normalized spacial score (nSPS) is 21.7. The quantitative estimate of drug-likeness (QED) is 0.670. The number of amides is 1. The summed E-state index contributed by atoms with van der Waals surface area (Å²) in [6.07, 6.45) is 1.97. The lowest BCUT2D eigenvalue weighted by molar-refractivity contribution is -0.133. The third kappa shape index (κ3) is 3.39. The van der Waals surface area contributed by atoms with Crippen LogP contribution in [0.3, 0.4) is 0 Å². The van der Waals surface area contributed by atoms with E-state index in [0.717, 1.165) is 28.0 Å². The van der Waals surface area contributed by atoms with Gasteiger partial charge in [-0.2, -0.15) is 0 Å². The molecule has 3 aromatic rings. The number of fused-ring (bicyclic) bond motifs is 2. The van der Waals surface area contributed by atoms with E-state index in [1.807, 2.05) is 30.0 Å². The van der Waals surface area contributed by atoms with Gasteiger partial charge in [0.2, 0.25) is 5.91 Å². The summed E-state index contributed by atoms with van der Waals surface area (Å²) in [6, 6.07) is 12.2. The molecule has 7 heteroatoms. The third-order valence-corrected chi connectivity index (χ3v) is 6.01. The van der Waals surface area contributed by atoms with E-state index in [0.29, 0.717) is 38.3 Å². The van der Waals surface area contributed by atoms with Crippen LogP contribution < -0.4 is 4.90 Å². The first-order valence-electron chi connectivity index (χ1n) is 10.4. The molecule has 0 N–H and O–H groups in total. The van der Waals surface area contributed by atoms with E-state index in [4.69, 9.17) is 4.74 Å². The zero-order valence-electron chi connectivity index (χ0n) is 17.3. The van der Waals surface area contributed by atoms with Crippen molar-refractivity contribution in [2.24, 2.45) is 0 Å². The van der Waals surface area contributed by atoms with Gasteiger partial charge in [0, 0.05) is 25.3 Å². The standard InChI is InChI=1S/C23H25N5O2/c1-15-10-16(2)26-22-21(15)23(25-14-24-22)27-12-18-19(13-27)30-9-8-20(29)28(18)11-17-6-4-3-5-7-17/h3-7,10,14,18-19H,8-9,11-13H2,1-2H3/t18-,19-/m0/s1. The molecule has 30 heavy (non-hydrogen) atoms. The molecule has 2 aromatic heterocycles. The van der Waals surface area contributed by atoms with Gasteiger partial charge in [0.05, 0.1) is 30.6 Å². The Morgan fingerprint density at radius 1 is 1.13 bits per heavy atom. The number of anilines is 1. The van der Waals surface area contributed by atoms with Crippen molar-refractivity contribution in [3.63, 3.8) is 0 Å². The van der Waals surface area contributed by atoms with Crippen molar-refractivity contribution >= 4 is 22.8 Å². The van der Waals surface area contributed by atoms with Gasteiger partial charge in [0.15, 0.2) is 5.65 Å². The zero-order chi connectivity index (χ0) is 20.7. The number of nitrogens with zero attached hydrogens (tertiary/aromatic N) is 5. The molecule has 0 saturated carbocycles. The Morgan fingerprint density at radius 2 is 1.97 bits per heavy atom. The molecule has 2 atom stereocenters. The van der Waals surface area contributed by atoms with E-state index in [2.05, 4.69) is 45.0 Å². The fraction of sp³-hybridized carbons (Fsp3) is 0.391. The fourth-order valence-corrected chi connectivity index (χ4v) is 4.63. The predicted octanol–water partition coefficient (Wildman–Crippen LogP) is 2.65. The topological polar surface area (TPSA) is 71.5 Å². The summed E-state index contributed by atoms with van der Waals surface area (Å²) in [6.45, 7) is 6.49. The number of hydrogen-bond acceptors (Lipinski definition) is 6. The molecule has 0 radical (unpaired) electrons. The second-order valence-electron chi connectivity index (χ2n) is 8.12. The molecule has 1 aromatic carbocycles. The van der Waals surface area contributed by atoms with Gasteiger partial charge in [0.1, 0.15) is 12.1 Å². The molecule has 2 aliphatic heterocycles. The predicted molar refractivity (Wildman–Crippen MR) is 114 cm³/mol. The van der Waals surface area contributed by atoms with E-state index in [1.54, 1.807) is 6.33 Å². The summed E-state index contributed by atoms with van der Waals surface area (Å²) in [7, 11) is 0. The highest BCUT2D eigenvalue weighted by Crippen LogP contribution is 2.32. The lowest BCUT2D eigenvalue weighted by atomic mass is 10.1. The van der Waals surface area contributed by atoms with Crippen LogP contribution in [-0.4, -0.2) is 57.6 Å². The molecule has 4 heterocycles. The summed E-state index contributed by atoms with van der Waals surface area (Å²) >= 11 is 0. The first kappa shape index (κ1) is 18.9. The summed E-state index contributed by atoms with van der Waals surface area (Å²) < 4.78 is 6.12. The van der Waals surface area contributed by atoms with Crippen LogP contribution in [0.5, 0.6) is 0 Å². The highest BCUT2D eigenvalue weighted by molar-refractivity contribution is 5.90. The van der Waals surface area contributed by atoms with Gasteiger partial charge in [-0.05, 0) is 31.0 Å². The number of pyridine rings is 1. The first-order valence-corrected chi connectivity index (χ1v) is 10.4. The zero-order valence-corrected chi connectivity index (χ0v) is 17.3. The molecular weight excluding hydrogens is 378 g/mol. The van der Waals surface area contributed by atoms with Crippen molar-refractivity contribution in [2.75, 3.05) is 24.6 Å². The monoisotopic (exact) mass is 403 g/mol. The van der Waals surface area contributed by atoms with E-state index in [1.165, 1.54) is 0 Å². The van der Waals surface area contributed by atoms with Crippen LogP contribution in [-0.2, 0) is 16.1 Å². The number of aromatic nitrogens is 3. The van der Waals surface area contributed by atoms with E-state index >= 15 is 0 Å². The van der Waals surface area contributed by atoms with Crippen molar-refractivity contribution in [3.8, 4) is 0 Å². The maximum absolute atomic E-state index is 12.9. The van der Waals surface area contributed by atoms with Gasteiger partial charge in [-0.3, -0.25) is 4.79 Å². The number of hydrogen-bond donors (Lipinski definition) is 0. The van der Waals surface area contributed by atoms with Crippen molar-refractivity contribution in [1.82, 2.24) is 19.9 Å². The minimum absolute atomic E-state index is 0.0102. The Labute approximate surface area is 175 Å². The van der Waals surface area contributed by atoms with Crippen molar-refractivity contribution in [1.29, 1.82) is 0 Å². The molecule has 7 nitrogen and oxygen atoms in total. The molecule has 154 valence electrons. The van der Waals surface area contributed by atoms with Crippen molar-refractivity contribution < 1.29 is 9.53 Å². The van der Waals surface area contributed by atoms with Gasteiger partial charge in [0.25, 0.3) is 0 Å². The van der Waals surface area contributed by atoms with Crippen LogP contribution >= 0.6 is 0 Å². The minimum atomic E-state index is -0.0381. The second-order valence-corrected chi connectivity index (χ2v) is 8.12. The summed E-state index contributed by atoms with van der Waals surface area (Å²) in [5.41, 5.74) is 3.90. The summed E-state index contributed by atoms with van der Waals surface area (Å²) in [4.78, 5) is 30.7. The van der Waals surface area contributed by atoms with Crippen LogP contribution in [0.2, 0.25) is 0 Å². The average Bonchev–Trinajstić information content (AvgIpc) is 3.09. The van der Waals surface area contributed by atoms with E-state index < -0.39 is 0 Å². The van der Waals surface area contributed by atoms with Crippen LogP contribution in [0.15, 0.2) is 42.7 Å². The largest absolute Gasteiger partial charge is 0.374 e. The molecule has 2 fully saturated rings. The molecule has 2 saturated heterocycles. The highest BCUT2D eigenvalue weighted by Gasteiger charge is 2.42. The molecule has 0 spiro atoms. The molecule has 0 bridgehead atoms. The Kier molecular flexibility index (Phi) is 4.83. The molecule has 1 amide bonds. The number of aryl methyl sites for hydroxylation is 2. The van der Waals surface area contributed by atoms with Gasteiger partial charge in [-0.1, -0.05) is 30.3 Å². The van der Waals surface area contributed by atoms with E-state index in [9.17, 15) is 4.79 Å². The molecule has 0 unspecified atom stereocenters. The average molecular weight is 403 g/mol. The lowest BCUT2D eigenvalue weighted by Gasteiger charge is -2.29. The maximum Gasteiger partial charge on any atom is 0.225 e. The Bertz CT molecular complexity index is 1090. The molecule has 5 rings (SSSR count).